The third kappa shape index (κ3) is 4.38. The van der Waals surface area contributed by atoms with E-state index < -0.39 is 0 Å². The Bertz CT molecular complexity index is 1640. The molecule has 1 aliphatic heterocycles. The predicted octanol–water partition coefficient (Wildman–Crippen LogP) is 5.31. The van der Waals surface area contributed by atoms with Crippen molar-refractivity contribution in [1.82, 2.24) is 15.4 Å². The number of hydrogen-bond acceptors (Lipinski definition) is 9. The van der Waals surface area contributed by atoms with E-state index >= 15 is 0 Å². The number of aromatic nitrogens is 2. The SMILES string of the molecule is CCOc1ccc2nc(N3NC(c4ccc(NC(C)=O)cc4)=NN3c3cccc4cccnc34)sc2c1. The molecule has 0 radical (unpaired) electrons. The summed E-state index contributed by atoms with van der Waals surface area (Å²) in [5.41, 5.74) is 7.49. The Morgan fingerprint density at radius 2 is 1.92 bits per heavy atom. The molecule has 2 N–H and O–H groups in total. The molecule has 5 aromatic rings. The largest absolute Gasteiger partial charge is 0.494 e. The summed E-state index contributed by atoms with van der Waals surface area (Å²) >= 11 is 1.53. The fourth-order valence-electron chi connectivity index (χ4n) is 4.13. The maximum absolute atomic E-state index is 11.4. The van der Waals surface area contributed by atoms with Crippen LogP contribution >= 0.6 is 11.3 Å². The zero-order chi connectivity index (χ0) is 25.4. The van der Waals surface area contributed by atoms with Gasteiger partial charge in [0.15, 0.2) is 5.84 Å². The number of carbonyl (C=O) groups is 1. The van der Waals surface area contributed by atoms with E-state index in [9.17, 15) is 4.79 Å². The summed E-state index contributed by atoms with van der Waals surface area (Å²) in [6.45, 7) is 4.05. The Labute approximate surface area is 217 Å². The molecule has 3 heterocycles. The van der Waals surface area contributed by atoms with Crippen LogP contribution in [-0.4, -0.2) is 28.3 Å². The summed E-state index contributed by atoms with van der Waals surface area (Å²) in [5, 5.41) is 13.0. The minimum absolute atomic E-state index is 0.117. The van der Waals surface area contributed by atoms with Crippen molar-refractivity contribution in [3.05, 3.63) is 84.6 Å². The summed E-state index contributed by atoms with van der Waals surface area (Å²) in [5.74, 6) is 1.33. The van der Waals surface area contributed by atoms with Crippen LogP contribution in [0.15, 0.2) is 84.1 Å². The van der Waals surface area contributed by atoms with Crippen molar-refractivity contribution >= 4 is 60.7 Å². The van der Waals surface area contributed by atoms with Crippen molar-refractivity contribution < 1.29 is 9.53 Å². The van der Waals surface area contributed by atoms with Crippen LogP contribution in [0, 0.1) is 0 Å². The molecule has 0 spiro atoms. The van der Waals surface area contributed by atoms with Gasteiger partial charge in [-0.15, -0.1) is 15.3 Å². The lowest BCUT2D eigenvalue weighted by Gasteiger charge is -2.25. The van der Waals surface area contributed by atoms with Gasteiger partial charge in [-0.1, -0.05) is 29.5 Å². The van der Waals surface area contributed by atoms with Crippen molar-refractivity contribution in [3.8, 4) is 5.75 Å². The molecule has 10 heteroatoms. The van der Waals surface area contributed by atoms with Gasteiger partial charge in [0.1, 0.15) is 11.4 Å². The van der Waals surface area contributed by atoms with Crippen LogP contribution in [0.4, 0.5) is 16.5 Å². The third-order valence-electron chi connectivity index (χ3n) is 5.74. The highest BCUT2D eigenvalue weighted by atomic mass is 32.1. The first-order chi connectivity index (χ1) is 18.1. The molecule has 0 unspecified atom stereocenters. The topological polar surface area (TPSA) is 95.0 Å². The number of para-hydroxylation sites is 1. The van der Waals surface area contributed by atoms with Crippen molar-refractivity contribution in [1.29, 1.82) is 0 Å². The molecule has 0 saturated carbocycles. The number of hydrogen-bond donors (Lipinski definition) is 2. The van der Waals surface area contributed by atoms with Crippen LogP contribution in [0.1, 0.15) is 19.4 Å². The smallest absolute Gasteiger partial charge is 0.228 e. The van der Waals surface area contributed by atoms with Gasteiger partial charge in [0.05, 0.1) is 22.3 Å². The number of hydrazone groups is 1. The van der Waals surface area contributed by atoms with Gasteiger partial charge in [-0.25, -0.2) is 4.98 Å². The number of rotatable bonds is 6. The molecule has 0 bridgehead atoms. The molecule has 1 aliphatic rings. The first kappa shape index (κ1) is 22.7. The number of nitrogens with one attached hydrogen (secondary N) is 2. The van der Waals surface area contributed by atoms with E-state index in [2.05, 4.69) is 15.7 Å². The number of carbonyl (C=O) groups excluding carboxylic acids is 1. The summed E-state index contributed by atoms with van der Waals surface area (Å²) in [4.78, 5) is 20.9. The monoisotopic (exact) mass is 509 g/mol. The quantitative estimate of drug-likeness (QED) is 0.320. The van der Waals surface area contributed by atoms with Gasteiger partial charge in [-0.2, -0.15) is 0 Å². The van der Waals surface area contributed by atoms with Gasteiger partial charge in [0.25, 0.3) is 0 Å². The molecular formula is C27H23N7O2S. The molecule has 0 fully saturated rings. The highest BCUT2D eigenvalue weighted by Gasteiger charge is 2.30. The van der Waals surface area contributed by atoms with Crippen LogP contribution in [0.5, 0.6) is 5.75 Å². The molecule has 0 saturated heterocycles. The number of anilines is 3. The van der Waals surface area contributed by atoms with E-state index in [1.165, 1.54) is 18.3 Å². The molecule has 6 rings (SSSR count). The number of amides is 1. The summed E-state index contributed by atoms with van der Waals surface area (Å²) in [6, 6.07) is 23.3. The maximum Gasteiger partial charge on any atom is 0.228 e. The van der Waals surface area contributed by atoms with Crippen molar-refractivity contribution in [3.63, 3.8) is 0 Å². The Hall–Kier alpha value is -4.70. The van der Waals surface area contributed by atoms with Crippen LogP contribution in [0.2, 0.25) is 0 Å². The Kier molecular flexibility index (Phi) is 5.78. The minimum atomic E-state index is -0.117. The molecule has 37 heavy (non-hydrogen) atoms. The van der Waals surface area contributed by atoms with Crippen LogP contribution in [0.3, 0.4) is 0 Å². The lowest BCUT2D eigenvalue weighted by atomic mass is 10.2. The van der Waals surface area contributed by atoms with Gasteiger partial charge in [0.2, 0.25) is 11.0 Å². The van der Waals surface area contributed by atoms with Gasteiger partial charge >= 0.3 is 0 Å². The van der Waals surface area contributed by atoms with Gasteiger partial charge < -0.3 is 10.1 Å². The zero-order valence-corrected chi connectivity index (χ0v) is 21.0. The lowest BCUT2D eigenvalue weighted by molar-refractivity contribution is -0.114. The van der Waals surface area contributed by atoms with E-state index in [1.54, 1.807) is 11.3 Å². The van der Waals surface area contributed by atoms with Gasteiger partial charge in [-0.05, 0) is 61.5 Å². The fourth-order valence-corrected chi connectivity index (χ4v) is 5.07. The van der Waals surface area contributed by atoms with E-state index in [4.69, 9.17) is 14.8 Å². The number of pyridine rings is 1. The second-order valence-electron chi connectivity index (χ2n) is 8.33. The Morgan fingerprint density at radius 3 is 2.73 bits per heavy atom. The summed E-state index contributed by atoms with van der Waals surface area (Å²) < 4.78 is 6.68. The number of nitrogens with zero attached hydrogens (tertiary/aromatic N) is 5. The Balaban J connectivity index is 1.43. The Morgan fingerprint density at radius 1 is 1.08 bits per heavy atom. The minimum Gasteiger partial charge on any atom is -0.494 e. The van der Waals surface area contributed by atoms with E-state index in [-0.39, 0.29) is 5.91 Å². The van der Waals surface area contributed by atoms with Crippen LogP contribution in [-0.2, 0) is 4.79 Å². The van der Waals surface area contributed by atoms with Crippen LogP contribution in [0.25, 0.3) is 21.1 Å². The number of fused-ring (bicyclic) bond motifs is 2. The molecule has 3 aromatic carbocycles. The van der Waals surface area contributed by atoms with E-state index in [0.717, 1.165) is 43.8 Å². The second kappa shape index (κ2) is 9.40. The lowest BCUT2D eigenvalue weighted by Crippen LogP contribution is -2.44. The molecule has 0 aliphatic carbocycles. The van der Waals surface area contributed by atoms with E-state index in [1.807, 2.05) is 84.8 Å². The fraction of sp³-hybridized carbons (Fsp3) is 0.111. The highest BCUT2D eigenvalue weighted by Crippen LogP contribution is 2.36. The second-order valence-corrected chi connectivity index (χ2v) is 9.34. The van der Waals surface area contributed by atoms with Crippen molar-refractivity contribution in [2.24, 2.45) is 5.10 Å². The average Bonchev–Trinajstić information content (AvgIpc) is 3.53. The maximum atomic E-state index is 11.4. The molecule has 9 nitrogen and oxygen atoms in total. The van der Waals surface area contributed by atoms with E-state index in [0.29, 0.717) is 17.6 Å². The number of hydrazine groups is 2. The number of amidine groups is 1. The van der Waals surface area contributed by atoms with Crippen LogP contribution < -0.4 is 25.7 Å². The van der Waals surface area contributed by atoms with Crippen molar-refractivity contribution in [2.75, 3.05) is 22.2 Å². The van der Waals surface area contributed by atoms with Gasteiger partial charge in [0, 0.05) is 29.8 Å². The molecule has 184 valence electrons. The van der Waals surface area contributed by atoms with Crippen molar-refractivity contribution in [2.45, 2.75) is 13.8 Å². The molecular weight excluding hydrogens is 486 g/mol. The highest BCUT2D eigenvalue weighted by molar-refractivity contribution is 7.22. The summed E-state index contributed by atoms with van der Waals surface area (Å²) in [6.07, 6.45) is 1.78. The third-order valence-corrected chi connectivity index (χ3v) is 6.74. The van der Waals surface area contributed by atoms with Gasteiger partial charge in [-0.3, -0.25) is 15.2 Å². The summed E-state index contributed by atoms with van der Waals surface area (Å²) in [7, 11) is 0. The number of thiazole rings is 1. The molecule has 2 aromatic heterocycles. The number of ether oxygens (including phenoxy) is 1. The number of benzene rings is 3. The zero-order valence-electron chi connectivity index (χ0n) is 20.2. The standard InChI is InChI=1S/C27H23N7O2S/c1-3-36-21-13-14-22-24(16-21)37-27(30-22)34-32-26(19-9-11-20(12-10-19)29-17(2)35)31-33(34)23-8-4-6-18-7-5-15-28-25(18)23/h4-16H,3H2,1-2H3,(H,29,35)(H,31,32). The first-order valence-corrected chi connectivity index (χ1v) is 12.6. The molecule has 0 atom stereocenters. The molecule has 1 amide bonds. The first-order valence-electron chi connectivity index (χ1n) is 11.8. The predicted molar refractivity (Wildman–Crippen MR) is 148 cm³/mol. The normalized spacial score (nSPS) is 13.1. The average molecular weight is 510 g/mol.